The summed E-state index contributed by atoms with van der Waals surface area (Å²) in [7, 11) is 0. The Morgan fingerprint density at radius 3 is 2.62 bits per heavy atom. The first-order valence-electron chi connectivity index (χ1n) is 8.72. The topological polar surface area (TPSA) is 59.4 Å². The number of hydrogen-bond acceptors (Lipinski definition) is 4. The van der Waals surface area contributed by atoms with E-state index in [0.717, 1.165) is 25.9 Å². The highest BCUT2D eigenvalue weighted by Gasteiger charge is 2.42. The Bertz CT molecular complexity index is 655. The van der Waals surface area contributed by atoms with Gasteiger partial charge in [0.15, 0.2) is 5.69 Å². The van der Waals surface area contributed by atoms with Gasteiger partial charge in [-0.25, -0.2) is 0 Å². The summed E-state index contributed by atoms with van der Waals surface area (Å²) in [5, 5.41) is 6.52. The Labute approximate surface area is 158 Å². The molecule has 1 atom stereocenters. The first kappa shape index (κ1) is 19.6. The van der Waals surface area contributed by atoms with Crippen molar-refractivity contribution in [2.45, 2.75) is 37.9 Å². The van der Waals surface area contributed by atoms with Crippen molar-refractivity contribution in [1.82, 2.24) is 20.0 Å². The molecule has 146 valence electrons. The molecular weight excluding hydrogens is 417 g/mol. The molecule has 1 N–H and O–H groups in total. The van der Waals surface area contributed by atoms with Crippen LogP contribution in [-0.4, -0.2) is 60.0 Å². The SMILES string of the molecule is CC(C(=O)NCCN1CCOCC1)n1nc(C(F)(F)F)c(Br)c1C1CC1. The van der Waals surface area contributed by atoms with E-state index in [-0.39, 0.29) is 16.3 Å². The molecule has 0 bridgehead atoms. The summed E-state index contributed by atoms with van der Waals surface area (Å²) in [4.78, 5) is 14.6. The summed E-state index contributed by atoms with van der Waals surface area (Å²) in [5.74, 6) is -0.305. The number of nitrogens with zero attached hydrogens (tertiary/aromatic N) is 3. The van der Waals surface area contributed by atoms with Crippen molar-refractivity contribution in [2.75, 3.05) is 39.4 Å². The van der Waals surface area contributed by atoms with Gasteiger partial charge in [0.05, 0.1) is 23.4 Å². The van der Waals surface area contributed by atoms with E-state index in [2.05, 4.69) is 31.2 Å². The van der Waals surface area contributed by atoms with E-state index >= 15 is 0 Å². The molecule has 2 heterocycles. The third-order valence-electron chi connectivity index (χ3n) is 4.70. The van der Waals surface area contributed by atoms with Gasteiger partial charge in [-0.15, -0.1) is 0 Å². The van der Waals surface area contributed by atoms with Crippen LogP contribution < -0.4 is 5.32 Å². The first-order valence-corrected chi connectivity index (χ1v) is 9.51. The summed E-state index contributed by atoms with van der Waals surface area (Å²) < 4.78 is 46.0. The second-order valence-corrected chi connectivity index (χ2v) is 7.48. The quantitative estimate of drug-likeness (QED) is 0.741. The lowest BCUT2D eigenvalue weighted by molar-refractivity contribution is -0.142. The number of nitrogens with one attached hydrogen (secondary N) is 1. The molecule has 0 radical (unpaired) electrons. The van der Waals surface area contributed by atoms with Crippen molar-refractivity contribution in [1.29, 1.82) is 0 Å². The zero-order valence-electron chi connectivity index (χ0n) is 14.5. The summed E-state index contributed by atoms with van der Waals surface area (Å²) >= 11 is 3.05. The molecule has 2 aliphatic rings. The van der Waals surface area contributed by atoms with Crippen LogP contribution in [0.5, 0.6) is 0 Å². The standard InChI is InChI=1S/C16H22BrF3N4O2/c1-10(15(25)21-4-5-23-6-8-26-9-7-23)24-13(11-2-3-11)12(17)14(22-24)16(18,19)20/h10-11H,2-9H2,1H3,(H,21,25). The highest BCUT2D eigenvalue weighted by atomic mass is 79.9. The third kappa shape index (κ3) is 4.40. The van der Waals surface area contributed by atoms with Crippen LogP contribution in [0.15, 0.2) is 4.47 Å². The molecule has 1 unspecified atom stereocenters. The minimum Gasteiger partial charge on any atom is -0.379 e. The zero-order valence-corrected chi connectivity index (χ0v) is 16.1. The van der Waals surface area contributed by atoms with Crippen molar-refractivity contribution in [3.63, 3.8) is 0 Å². The van der Waals surface area contributed by atoms with Crippen LogP contribution >= 0.6 is 15.9 Å². The second kappa shape index (κ2) is 7.85. The van der Waals surface area contributed by atoms with Gasteiger partial charge in [0.2, 0.25) is 5.91 Å². The minimum absolute atomic E-state index is 0.0246. The van der Waals surface area contributed by atoms with Crippen molar-refractivity contribution in [2.24, 2.45) is 0 Å². The summed E-state index contributed by atoms with van der Waals surface area (Å²) in [5.41, 5.74) is -0.500. The van der Waals surface area contributed by atoms with Gasteiger partial charge in [0.1, 0.15) is 6.04 Å². The number of hydrogen-bond donors (Lipinski definition) is 1. The molecule has 0 aromatic carbocycles. The van der Waals surface area contributed by atoms with Crippen LogP contribution in [0.2, 0.25) is 0 Å². The normalized spacial score (nSPS) is 20.2. The summed E-state index contributed by atoms with van der Waals surface area (Å²) in [6.07, 6.45) is -2.93. The van der Waals surface area contributed by atoms with Gasteiger partial charge in [-0.3, -0.25) is 14.4 Å². The van der Waals surface area contributed by atoms with Gasteiger partial charge in [0.25, 0.3) is 0 Å². The van der Waals surface area contributed by atoms with Crippen molar-refractivity contribution < 1.29 is 22.7 Å². The second-order valence-electron chi connectivity index (χ2n) is 6.69. The molecule has 1 saturated carbocycles. The molecular formula is C16H22BrF3N4O2. The van der Waals surface area contributed by atoms with E-state index < -0.39 is 17.9 Å². The number of ether oxygens (including phenoxy) is 1. The number of amides is 1. The van der Waals surface area contributed by atoms with Gasteiger partial charge >= 0.3 is 6.18 Å². The van der Waals surface area contributed by atoms with Gasteiger partial charge in [0, 0.05) is 32.1 Å². The molecule has 1 aliphatic heterocycles. The van der Waals surface area contributed by atoms with Gasteiger partial charge in [-0.1, -0.05) is 0 Å². The minimum atomic E-state index is -4.56. The smallest absolute Gasteiger partial charge is 0.379 e. The zero-order chi connectivity index (χ0) is 18.9. The van der Waals surface area contributed by atoms with Crippen LogP contribution in [0, 0.1) is 0 Å². The van der Waals surface area contributed by atoms with Crippen LogP contribution in [0.3, 0.4) is 0 Å². The summed E-state index contributed by atoms with van der Waals surface area (Å²) in [6, 6.07) is -0.803. The lowest BCUT2D eigenvalue weighted by Crippen LogP contribution is -2.42. The maximum atomic E-state index is 13.2. The van der Waals surface area contributed by atoms with Crippen LogP contribution in [0.4, 0.5) is 13.2 Å². The number of halogens is 4. The monoisotopic (exact) mass is 438 g/mol. The predicted molar refractivity (Wildman–Crippen MR) is 91.9 cm³/mol. The maximum absolute atomic E-state index is 13.2. The molecule has 1 aliphatic carbocycles. The molecule has 1 aromatic rings. The molecule has 10 heteroatoms. The predicted octanol–water partition coefficient (Wildman–Crippen LogP) is 2.55. The Hall–Kier alpha value is -1.13. The maximum Gasteiger partial charge on any atom is 0.436 e. The number of carbonyl (C=O) groups excluding carboxylic acids is 1. The number of aromatic nitrogens is 2. The van der Waals surface area contributed by atoms with E-state index in [1.54, 1.807) is 6.92 Å². The van der Waals surface area contributed by atoms with Crippen molar-refractivity contribution in [3.8, 4) is 0 Å². The molecule has 1 amide bonds. The van der Waals surface area contributed by atoms with E-state index in [4.69, 9.17) is 4.74 Å². The van der Waals surface area contributed by atoms with Gasteiger partial charge in [-0.05, 0) is 35.7 Å². The number of rotatable bonds is 6. The lowest BCUT2D eigenvalue weighted by atomic mass is 10.2. The lowest BCUT2D eigenvalue weighted by Gasteiger charge is -2.26. The average Bonchev–Trinajstić information content (AvgIpc) is 3.36. The fourth-order valence-corrected chi connectivity index (χ4v) is 3.86. The number of alkyl halides is 3. The molecule has 2 fully saturated rings. The van der Waals surface area contributed by atoms with Crippen LogP contribution in [0.25, 0.3) is 0 Å². The summed E-state index contributed by atoms with van der Waals surface area (Å²) in [6.45, 7) is 5.70. The molecule has 3 rings (SSSR count). The largest absolute Gasteiger partial charge is 0.436 e. The van der Waals surface area contributed by atoms with Crippen LogP contribution in [-0.2, 0) is 15.7 Å². The molecule has 0 spiro atoms. The van der Waals surface area contributed by atoms with E-state index in [1.807, 2.05) is 0 Å². The van der Waals surface area contributed by atoms with Crippen molar-refractivity contribution in [3.05, 3.63) is 15.9 Å². The van der Waals surface area contributed by atoms with E-state index in [0.29, 0.717) is 32.0 Å². The highest BCUT2D eigenvalue weighted by molar-refractivity contribution is 9.10. The first-order chi connectivity index (χ1) is 12.3. The number of morpholine rings is 1. The number of carbonyl (C=O) groups is 1. The Kier molecular flexibility index (Phi) is 5.93. The third-order valence-corrected chi connectivity index (χ3v) is 5.48. The average molecular weight is 439 g/mol. The Morgan fingerprint density at radius 2 is 2.04 bits per heavy atom. The molecule has 1 saturated heterocycles. The fourth-order valence-electron chi connectivity index (χ4n) is 3.05. The molecule has 6 nitrogen and oxygen atoms in total. The van der Waals surface area contributed by atoms with Crippen molar-refractivity contribution >= 4 is 21.8 Å². The van der Waals surface area contributed by atoms with Gasteiger partial charge in [-0.2, -0.15) is 18.3 Å². The van der Waals surface area contributed by atoms with E-state index in [9.17, 15) is 18.0 Å². The molecule has 1 aromatic heterocycles. The Balaban J connectivity index is 1.66. The van der Waals surface area contributed by atoms with Crippen LogP contribution in [0.1, 0.15) is 43.1 Å². The fraction of sp³-hybridized carbons (Fsp3) is 0.750. The van der Waals surface area contributed by atoms with E-state index in [1.165, 1.54) is 4.68 Å². The Morgan fingerprint density at radius 1 is 1.38 bits per heavy atom. The van der Waals surface area contributed by atoms with Gasteiger partial charge < -0.3 is 10.1 Å². The molecule has 26 heavy (non-hydrogen) atoms. The highest BCUT2D eigenvalue weighted by Crippen LogP contribution is 2.47.